The van der Waals surface area contributed by atoms with Gasteiger partial charge in [0, 0.05) is 31.6 Å². The maximum atomic E-state index is 12.9. The second-order valence-electron chi connectivity index (χ2n) is 8.06. The molecule has 1 aliphatic heterocycles. The Balaban J connectivity index is 1.53. The van der Waals surface area contributed by atoms with E-state index in [4.69, 9.17) is 9.72 Å². The van der Waals surface area contributed by atoms with Crippen molar-refractivity contribution >= 4 is 28.4 Å². The number of urea groups is 1. The number of nitriles is 1. The Morgan fingerprint density at radius 2 is 1.88 bits per heavy atom. The molecule has 32 heavy (non-hydrogen) atoms. The van der Waals surface area contributed by atoms with E-state index < -0.39 is 0 Å². The van der Waals surface area contributed by atoms with Crippen LogP contribution in [-0.4, -0.2) is 49.2 Å². The Kier molecular flexibility index (Phi) is 6.13. The molecular weight excluding hydrogens is 402 g/mol. The Labute approximate surface area is 188 Å². The standard InChI is InChI=1S/C25H27N5O2/c1-17-13-19-15-20(16-26)24(27-22(19)14-18(17)2)29-9-6-10-30(12-11-29)25(31)28-21-7-4-5-8-23(21)32-3/h4-5,7-8,13-15H,6,9-12H2,1-3H3,(H,28,31). The highest BCUT2D eigenvalue weighted by Gasteiger charge is 2.23. The number of nitrogens with zero attached hydrogens (tertiary/aromatic N) is 4. The van der Waals surface area contributed by atoms with Crippen molar-refractivity contribution in [3.05, 3.63) is 59.2 Å². The number of hydrogen-bond acceptors (Lipinski definition) is 5. The summed E-state index contributed by atoms with van der Waals surface area (Å²) >= 11 is 0. The predicted molar refractivity (Wildman–Crippen MR) is 126 cm³/mol. The summed E-state index contributed by atoms with van der Waals surface area (Å²) in [4.78, 5) is 21.6. The lowest BCUT2D eigenvalue weighted by atomic mass is 10.0. The molecule has 0 unspecified atom stereocenters. The van der Waals surface area contributed by atoms with Crippen molar-refractivity contribution in [1.82, 2.24) is 9.88 Å². The van der Waals surface area contributed by atoms with E-state index in [1.54, 1.807) is 12.0 Å². The fourth-order valence-corrected chi connectivity index (χ4v) is 4.03. The highest BCUT2D eigenvalue weighted by Crippen LogP contribution is 2.27. The van der Waals surface area contributed by atoms with Crippen LogP contribution in [0.25, 0.3) is 10.9 Å². The summed E-state index contributed by atoms with van der Waals surface area (Å²) < 4.78 is 5.33. The first-order valence-corrected chi connectivity index (χ1v) is 10.8. The largest absolute Gasteiger partial charge is 0.495 e. The zero-order valence-corrected chi connectivity index (χ0v) is 18.7. The number of nitrogens with one attached hydrogen (secondary N) is 1. The number of carbonyl (C=O) groups is 1. The minimum atomic E-state index is -0.158. The van der Waals surface area contributed by atoms with E-state index in [2.05, 4.69) is 42.3 Å². The van der Waals surface area contributed by atoms with Gasteiger partial charge in [0.15, 0.2) is 0 Å². The number of methoxy groups -OCH3 is 1. The zero-order valence-electron chi connectivity index (χ0n) is 18.7. The summed E-state index contributed by atoms with van der Waals surface area (Å²) in [5.74, 6) is 1.32. The minimum absolute atomic E-state index is 0.158. The van der Waals surface area contributed by atoms with Gasteiger partial charge in [0.05, 0.1) is 23.9 Å². The second kappa shape index (κ2) is 9.15. The molecule has 0 spiro atoms. The number of pyridine rings is 1. The molecule has 7 nitrogen and oxygen atoms in total. The molecule has 1 N–H and O–H groups in total. The van der Waals surface area contributed by atoms with E-state index in [-0.39, 0.29) is 6.03 Å². The van der Waals surface area contributed by atoms with Crippen molar-refractivity contribution in [3.63, 3.8) is 0 Å². The number of aryl methyl sites for hydroxylation is 2. The third-order valence-electron chi connectivity index (χ3n) is 5.96. The third-order valence-corrected chi connectivity index (χ3v) is 5.96. The Morgan fingerprint density at radius 3 is 2.66 bits per heavy atom. The molecule has 1 aromatic heterocycles. The third kappa shape index (κ3) is 4.30. The SMILES string of the molecule is COc1ccccc1NC(=O)N1CCCN(c2nc3cc(C)c(C)cc3cc2C#N)CC1. The molecule has 0 atom stereocenters. The summed E-state index contributed by atoms with van der Waals surface area (Å²) in [5.41, 5.74) is 4.46. The lowest BCUT2D eigenvalue weighted by molar-refractivity contribution is 0.215. The van der Waals surface area contributed by atoms with E-state index in [9.17, 15) is 10.1 Å². The molecule has 1 saturated heterocycles. The van der Waals surface area contributed by atoms with Gasteiger partial charge in [-0.15, -0.1) is 0 Å². The van der Waals surface area contributed by atoms with Crippen LogP contribution in [0.5, 0.6) is 5.75 Å². The average molecular weight is 430 g/mol. The molecule has 0 aliphatic carbocycles. The van der Waals surface area contributed by atoms with Gasteiger partial charge in [-0.2, -0.15) is 5.26 Å². The second-order valence-corrected chi connectivity index (χ2v) is 8.06. The number of rotatable bonds is 3. The van der Waals surface area contributed by atoms with Crippen LogP contribution in [0.2, 0.25) is 0 Å². The van der Waals surface area contributed by atoms with Crippen molar-refractivity contribution in [2.45, 2.75) is 20.3 Å². The molecule has 3 aromatic rings. The molecule has 0 bridgehead atoms. The lowest BCUT2D eigenvalue weighted by Gasteiger charge is -2.24. The number of carbonyl (C=O) groups excluding carboxylic acids is 1. The number of aromatic nitrogens is 1. The van der Waals surface area contributed by atoms with Gasteiger partial charge < -0.3 is 19.9 Å². The highest BCUT2D eigenvalue weighted by molar-refractivity contribution is 5.91. The molecule has 0 saturated carbocycles. The first kappa shape index (κ1) is 21.4. The monoisotopic (exact) mass is 429 g/mol. The van der Waals surface area contributed by atoms with Gasteiger partial charge in [-0.05, 0) is 61.7 Å². The van der Waals surface area contributed by atoms with Gasteiger partial charge in [-0.3, -0.25) is 0 Å². The molecule has 164 valence electrons. The molecule has 1 aliphatic rings. The van der Waals surface area contributed by atoms with Gasteiger partial charge >= 0.3 is 6.03 Å². The fraction of sp³-hybridized carbons (Fsp3) is 0.320. The maximum Gasteiger partial charge on any atom is 0.322 e. The lowest BCUT2D eigenvalue weighted by Crippen LogP contribution is -2.38. The first-order valence-electron chi connectivity index (χ1n) is 10.8. The fourth-order valence-electron chi connectivity index (χ4n) is 4.03. The van der Waals surface area contributed by atoms with Crippen LogP contribution in [0.15, 0.2) is 42.5 Å². The summed E-state index contributed by atoms with van der Waals surface area (Å²) in [6.07, 6.45) is 0.789. The number of ether oxygens (including phenoxy) is 1. The quantitative estimate of drug-likeness (QED) is 0.664. The summed E-state index contributed by atoms with van der Waals surface area (Å²) in [6.45, 7) is 6.64. The summed E-state index contributed by atoms with van der Waals surface area (Å²) in [5, 5.41) is 13.7. The topological polar surface area (TPSA) is 81.5 Å². The normalized spacial score (nSPS) is 14.1. The molecular formula is C25H27N5O2. The van der Waals surface area contributed by atoms with E-state index in [1.807, 2.05) is 30.3 Å². The molecule has 2 amide bonds. The number of anilines is 2. The van der Waals surface area contributed by atoms with Gasteiger partial charge in [-0.25, -0.2) is 9.78 Å². The van der Waals surface area contributed by atoms with Crippen LogP contribution in [0.4, 0.5) is 16.3 Å². The smallest absolute Gasteiger partial charge is 0.322 e. The van der Waals surface area contributed by atoms with E-state index in [0.717, 1.165) is 23.9 Å². The Bertz CT molecular complexity index is 1200. The zero-order chi connectivity index (χ0) is 22.7. The van der Waals surface area contributed by atoms with Gasteiger partial charge in [0.2, 0.25) is 0 Å². The molecule has 2 aromatic carbocycles. The molecule has 1 fully saturated rings. The maximum absolute atomic E-state index is 12.9. The van der Waals surface area contributed by atoms with E-state index in [0.29, 0.717) is 42.5 Å². The first-order chi connectivity index (χ1) is 15.5. The number of hydrogen-bond donors (Lipinski definition) is 1. The average Bonchev–Trinajstić information content (AvgIpc) is 3.06. The highest BCUT2D eigenvalue weighted by atomic mass is 16.5. The summed E-state index contributed by atoms with van der Waals surface area (Å²) in [7, 11) is 1.58. The van der Waals surface area contributed by atoms with Crippen molar-refractivity contribution in [2.24, 2.45) is 0 Å². The van der Waals surface area contributed by atoms with Gasteiger partial charge in [0.1, 0.15) is 17.6 Å². The van der Waals surface area contributed by atoms with Crippen molar-refractivity contribution in [1.29, 1.82) is 5.26 Å². The van der Waals surface area contributed by atoms with Crippen LogP contribution >= 0.6 is 0 Å². The van der Waals surface area contributed by atoms with Crippen LogP contribution < -0.4 is 15.0 Å². The predicted octanol–water partition coefficient (Wildman–Crippen LogP) is 4.48. The van der Waals surface area contributed by atoms with Crippen LogP contribution in [0, 0.1) is 25.2 Å². The summed E-state index contributed by atoms with van der Waals surface area (Å²) in [6, 6.07) is 15.6. The van der Waals surface area contributed by atoms with E-state index >= 15 is 0 Å². The van der Waals surface area contributed by atoms with Crippen molar-refractivity contribution in [2.75, 3.05) is 43.5 Å². The molecule has 4 rings (SSSR count). The van der Waals surface area contributed by atoms with Crippen molar-refractivity contribution < 1.29 is 9.53 Å². The van der Waals surface area contributed by atoms with E-state index in [1.165, 1.54) is 11.1 Å². The minimum Gasteiger partial charge on any atom is -0.495 e. The van der Waals surface area contributed by atoms with Crippen LogP contribution in [0.3, 0.4) is 0 Å². The Hall–Kier alpha value is -3.79. The van der Waals surface area contributed by atoms with Crippen molar-refractivity contribution in [3.8, 4) is 11.8 Å². The number of amides is 2. The van der Waals surface area contributed by atoms with Crippen LogP contribution in [-0.2, 0) is 0 Å². The number of benzene rings is 2. The van der Waals surface area contributed by atoms with Gasteiger partial charge in [0.25, 0.3) is 0 Å². The molecule has 2 heterocycles. The number of para-hydroxylation sites is 2. The molecule has 0 radical (unpaired) electrons. The van der Waals surface area contributed by atoms with Crippen LogP contribution in [0.1, 0.15) is 23.1 Å². The number of fused-ring (bicyclic) bond motifs is 1. The van der Waals surface area contributed by atoms with Gasteiger partial charge in [-0.1, -0.05) is 12.1 Å². The molecule has 7 heteroatoms. The Morgan fingerprint density at radius 1 is 1.09 bits per heavy atom.